The van der Waals surface area contributed by atoms with Crippen LogP contribution in [0.3, 0.4) is 0 Å². The lowest BCUT2D eigenvalue weighted by Crippen LogP contribution is -2.38. The Balaban J connectivity index is 3.40. The van der Waals surface area contributed by atoms with E-state index in [1.807, 2.05) is 0 Å². The summed E-state index contributed by atoms with van der Waals surface area (Å²) in [6.45, 7) is -1.78. The molecule has 0 radical (unpaired) electrons. The predicted octanol–water partition coefficient (Wildman–Crippen LogP) is 2.47. The van der Waals surface area contributed by atoms with Crippen LogP contribution in [0.1, 0.15) is 17.2 Å². The number of nitrogens with two attached hydrogens (primary N) is 1. The molecule has 3 N–H and O–H groups in total. The maximum absolute atomic E-state index is 13.3. The largest absolute Gasteiger partial charge is 0.416 e. The fourth-order valence-corrected chi connectivity index (χ4v) is 1.41. The summed E-state index contributed by atoms with van der Waals surface area (Å²) in [5, 5.41) is 8.38. The van der Waals surface area contributed by atoms with Crippen LogP contribution in [0.4, 0.5) is 26.3 Å². The van der Waals surface area contributed by atoms with Crippen molar-refractivity contribution in [1.82, 2.24) is 0 Å². The van der Waals surface area contributed by atoms with Crippen molar-refractivity contribution < 1.29 is 31.4 Å². The van der Waals surface area contributed by atoms with Crippen molar-refractivity contribution in [3.8, 4) is 0 Å². The molecule has 0 aromatic heterocycles. The zero-order valence-corrected chi connectivity index (χ0v) is 8.81. The van der Waals surface area contributed by atoms with Gasteiger partial charge < -0.3 is 10.8 Å². The summed E-state index contributed by atoms with van der Waals surface area (Å²) in [6.07, 6.45) is -5.01. The number of aliphatic hydroxyl groups is 1. The van der Waals surface area contributed by atoms with E-state index in [4.69, 9.17) is 10.8 Å². The van der Waals surface area contributed by atoms with Gasteiger partial charge in [0.05, 0.1) is 5.56 Å². The number of hydrogen-bond acceptors (Lipinski definition) is 2. The zero-order chi connectivity index (χ0) is 14.1. The normalized spacial score (nSPS) is 14.7. The van der Waals surface area contributed by atoms with Gasteiger partial charge >= 0.3 is 6.18 Å². The van der Waals surface area contributed by atoms with Crippen molar-refractivity contribution in [2.75, 3.05) is 6.61 Å². The molecule has 2 nitrogen and oxygen atoms in total. The Kier molecular flexibility index (Phi) is 3.92. The summed E-state index contributed by atoms with van der Waals surface area (Å²) in [5.74, 6) is -5.55. The van der Waals surface area contributed by atoms with E-state index in [2.05, 4.69) is 0 Å². The first-order valence-electron chi connectivity index (χ1n) is 4.71. The minimum atomic E-state index is -5.01. The fourth-order valence-electron chi connectivity index (χ4n) is 1.41. The molecule has 0 spiro atoms. The van der Waals surface area contributed by atoms with Gasteiger partial charge in [-0.2, -0.15) is 13.2 Å². The molecule has 0 saturated heterocycles. The van der Waals surface area contributed by atoms with Crippen LogP contribution in [0.15, 0.2) is 18.2 Å². The van der Waals surface area contributed by atoms with Crippen molar-refractivity contribution in [2.24, 2.45) is 5.73 Å². The lowest BCUT2D eigenvalue weighted by atomic mass is 9.95. The minimum Gasteiger partial charge on any atom is -0.390 e. The molecule has 0 fully saturated rings. The molecule has 0 aliphatic rings. The molecule has 1 atom stereocenters. The highest BCUT2D eigenvalue weighted by Gasteiger charge is 2.44. The molecule has 1 rings (SSSR count). The highest BCUT2D eigenvalue weighted by Crippen LogP contribution is 2.39. The molecule has 102 valence electrons. The molecule has 0 saturated carbocycles. The summed E-state index contributed by atoms with van der Waals surface area (Å²) in [4.78, 5) is 0. The number of alkyl halides is 5. The van der Waals surface area contributed by atoms with Gasteiger partial charge in [-0.15, -0.1) is 0 Å². The summed E-state index contributed by atoms with van der Waals surface area (Å²) >= 11 is 0. The second-order valence-corrected chi connectivity index (χ2v) is 3.60. The maximum Gasteiger partial charge on any atom is 0.416 e. The second kappa shape index (κ2) is 4.77. The summed E-state index contributed by atoms with van der Waals surface area (Å²) < 4.78 is 77.1. The van der Waals surface area contributed by atoms with Crippen molar-refractivity contribution in [3.05, 3.63) is 35.1 Å². The number of hydrogen-bond donors (Lipinski definition) is 2. The van der Waals surface area contributed by atoms with Crippen LogP contribution in [0.2, 0.25) is 0 Å². The van der Waals surface area contributed by atoms with E-state index in [1.54, 1.807) is 0 Å². The van der Waals surface area contributed by atoms with Gasteiger partial charge in [0.2, 0.25) is 0 Å². The Morgan fingerprint density at radius 2 is 1.72 bits per heavy atom. The highest BCUT2D eigenvalue weighted by atomic mass is 19.4. The van der Waals surface area contributed by atoms with E-state index in [0.29, 0.717) is 12.1 Å². The first-order chi connectivity index (χ1) is 8.11. The molecule has 1 aromatic carbocycles. The molecular weight excluding hydrogens is 264 g/mol. The van der Waals surface area contributed by atoms with Gasteiger partial charge in [0.1, 0.15) is 18.5 Å². The van der Waals surface area contributed by atoms with Crippen molar-refractivity contribution in [1.29, 1.82) is 0 Å². The van der Waals surface area contributed by atoms with Gasteiger partial charge in [-0.3, -0.25) is 0 Å². The summed E-state index contributed by atoms with van der Waals surface area (Å²) in [6, 6.07) is -0.796. The second-order valence-electron chi connectivity index (χ2n) is 3.60. The van der Waals surface area contributed by atoms with Gasteiger partial charge in [-0.05, 0) is 12.1 Å². The van der Waals surface area contributed by atoms with Crippen LogP contribution in [0.25, 0.3) is 0 Å². The fraction of sp³-hybridized carbons (Fsp3) is 0.400. The number of benzene rings is 1. The average molecular weight is 273 g/mol. The smallest absolute Gasteiger partial charge is 0.390 e. The Labute approximate surface area is 98.0 Å². The topological polar surface area (TPSA) is 46.2 Å². The average Bonchev–Trinajstić information content (AvgIpc) is 2.26. The van der Waals surface area contributed by atoms with E-state index < -0.39 is 41.7 Å². The molecule has 1 aromatic rings. The third-order valence-electron chi connectivity index (χ3n) is 2.34. The SMILES string of the molecule is N[C@@H](c1c(F)cccc1C(F)(F)F)C(F)(F)CO. The zero-order valence-electron chi connectivity index (χ0n) is 8.81. The van der Waals surface area contributed by atoms with E-state index in [9.17, 15) is 26.3 Å². The third kappa shape index (κ3) is 2.75. The van der Waals surface area contributed by atoms with Crippen LogP contribution in [0.5, 0.6) is 0 Å². The lowest BCUT2D eigenvalue weighted by molar-refractivity contribution is -0.140. The van der Waals surface area contributed by atoms with Crippen molar-refractivity contribution in [3.63, 3.8) is 0 Å². The minimum absolute atomic E-state index is 0.450. The van der Waals surface area contributed by atoms with E-state index in [0.717, 1.165) is 6.07 Å². The summed E-state index contributed by atoms with van der Waals surface area (Å²) in [7, 11) is 0. The maximum atomic E-state index is 13.3. The first kappa shape index (κ1) is 14.8. The molecule has 8 heteroatoms. The number of aliphatic hydroxyl groups excluding tert-OH is 1. The standard InChI is InChI=1S/C10H9F6NO/c11-6-3-1-2-5(10(14,15)16)7(6)8(17)9(12,13)4-18/h1-3,8,18H,4,17H2/t8-/m0/s1. The van der Waals surface area contributed by atoms with E-state index in [-0.39, 0.29) is 0 Å². The molecule has 0 aliphatic heterocycles. The lowest BCUT2D eigenvalue weighted by Gasteiger charge is -2.25. The first-order valence-corrected chi connectivity index (χ1v) is 4.71. The van der Waals surface area contributed by atoms with Gasteiger partial charge in [-0.1, -0.05) is 6.07 Å². The quantitative estimate of drug-likeness (QED) is 0.831. The number of rotatable bonds is 3. The predicted molar refractivity (Wildman–Crippen MR) is 50.4 cm³/mol. The van der Waals surface area contributed by atoms with Gasteiger partial charge in [-0.25, -0.2) is 13.2 Å². The molecule has 0 bridgehead atoms. The van der Waals surface area contributed by atoms with Gasteiger partial charge in [0.15, 0.2) is 0 Å². The van der Waals surface area contributed by atoms with Gasteiger partial charge in [0, 0.05) is 5.56 Å². The molecule has 0 aliphatic carbocycles. The van der Waals surface area contributed by atoms with E-state index in [1.165, 1.54) is 0 Å². The van der Waals surface area contributed by atoms with Crippen LogP contribution in [0, 0.1) is 5.82 Å². The molecule has 0 unspecified atom stereocenters. The van der Waals surface area contributed by atoms with Gasteiger partial charge in [0.25, 0.3) is 5.92 Å². The molecule has 0 amide bonds. The monoisotopic (exact) mass is 273 g/mol. The van der Waals surface area contributed by atoms with Crippen molar-refractivity contribution in [2.45, 2.75) is 18.1 Å². The number of halogens is 6. The van der Waals surface area contributed by atoms with Crippen LogP contribution in [-0.2, 0) is 6.18 Å². The highest BCUT2D eigenvalue weighted by molar-refractivity contribution is 5.34. The van der Waals surface area contributed by atoms with Crippen molar-refractivity contribution >= 4 is 0 Å². The Bertz CT molecular complexity index is 431. The Morgan fingerprint density at radius 3 is 2.17 bits per heavy atom. The molecule has 18 heavy (non-hydrogen) atoms. The Hall–Kier alpha value is -1.28. The van der Waals surface area contributed by atoms with E-state index >= 15 is 0 Å². The summed E-state index contributed by atoms with van der Waals surface area (Å²) in [5.41, 5.74) is 1.99. The molecule has 0 heterocycles. The van der Waals surface area contributed by atoms with Crippen LogP contribution >= 0.6 is 0 Å². The van der Waals surface area contributed by atoms with Crippen LogP contribution in [-0.4, -0.2) is 17.6 Å². The molecular formula is C10H9F6NO. The Morgan fingerprint density at radius 1 is 1.17 bits per heavy atom. The third-order valence-corrected chi connectivity index (χ3v) is 2.34. The van der Waals surface area contributed by atoms with Crippen LogP contribution < -0.4 is 5.73 Å².